The SMILES string of the molecule is COc1cc2cc(C(=O)N3CCC[C@H]3C=O)c3cc(OC)c(OC)cc3c2cc1OC. The van der Waals surface area contributed by atoms with Crippen LogP contribution in [0.15, 0.2) is 30.3 Å². The minimum Gasteiger partial charge on any atom is -0.493 e. The lowest BCUT2D eigenvalue weighted by Crippen LogP contribution is -2.36. The number of rotatable bonds is 6. The van der Waals surface area contributed by atoms with Crippen molar-refractivity contribution in [2.45, 2.75) is 18.9 Å². The third-order valence-electron chi connectivity index (χ3n) is 5.91. The molecule has 162 valence electrons. The number of methoxy groups -OCH3 is 4. The predicted molar refractivity (Wildman–Crippen MR) is 118 cm³/mol. The second kappa shape index (κ2) is 8.34. The zero-order chi connectivity index (χ0) is 22.1. The second-order valence-electron chi connectivity index (χ2n) is 7.45. The van der Waals surface area contributed by atoms with Crippen LogP contribution in [0.25, 0.3) is 21.5 Å². The van der Waals surface area contributed by atoms with Gasteiger partial charge in [0, 0.05) is 12.1 Å². The monoisotopic (exact) mass is 423 g/mol. The number of benzene rings is 3. The number of carbonyl (C=O) groups excluding carboxylic acids is 2. The summed E-state index contributed by atoms with van der Waals surface area (Å²) in [6, 6.07) is 8.85. The standard InChI is InChI=1S/C24H25NO6/c1-28-20-9-14-8-19(24(27)25-7-5-6-15(25)13-26)18-12-23(31-4)22(30-3)11-17(18)16(14)10-21(20)29-2/h8-13,15H,5-7H2,1-4H3/t15-/m0/s1. The van der Waals surface area contributed by atoms with E-state index in [9.17, 15) is 9.59 Å². The quantitative estimate of drug-likeness (QED) is 0.443. The fourth-order valence-corrected chi connectivity index (χ4v) is 4.32. The molecule has 0 aliphatic carbocycles. The van der Waals surface area contributed by atoms with Crippen LogP contribution in [0, 0.1) is 0 Å². The summed E-state index contributed by atoms with van der Waals surface area (Å²) in [5, 5.41) is 3.25. The van der Waals surface area contributed by atoms with Crippen LogP contribution in [-0.2, 0) is 4.79 Å². The molecule has 0 unspecified atom stereocenters. The van der Waals surface area contributed by atoms with E-state index >= 15 is 0 Å². The van der Waals surface area contributed by atoms with Crippen molar-refractivity contribution >= 4 is 33.7 Å². The molecule has 0 saturated carbocycles. The Labute approximate surface area is 180 Å². The summed E-state index contributed by atoms with van der Waals surface area (Å²) >= 11 is 0. The van der Waals surface area contributed by atoms with Gasteiger partial charge in [-0.15, -0.1) is 0 Å². The molecular weight excluding hydrogens is 398 g/mol. The van der Waals surface area contributed by atoms with E-state index in [0.29, 0.717) is 41.5 Å². The molecule has 0 spiro atoms. The highest BCUT2D eigenvalue weighted by atomic mass is 16.5. The minimum atomic E-state index is -0.399. The largest absolute Gasteiger partial charge is 0.493 e. The van der Waals surface area contributed by atoms with Gasteiger partial charge < -0.3 is 28.6 Å². The normalized spacial score (nSPS) is 15.9. The van der Waals surface area contributed by atoms with E-state index in [1.54, 1.807) is 33.3 Å². The average molecular weight is 423 g/mol. The Balaban J connectivity index is 2.05. The highest BCUT2D eigenvalue weighted by Crippen LogP contribution is 2.41. The fraction of sp³-hybridized carbons (Fsp3) is 0.333. The maximum atomic E-state index is 13.5. The lowest BCUT2D eigenvalue weighted by molar-refractivity contribution is -0.111. The molecule has 1 aliphatic rings. The van der Waals surface area contributed by atoms with E-state index in [-0.39, 0.29) is 5.91 Å². The van der Waals surface area contributed by atoms with Crippen molar-refractivity contribution in [3.05, 3.63) is 35.9 Å². The Morgan fingerprint density at radius 1 is 0.839 bits per heavy atom. The Bertz CT molecular complexity index is 1170. The summed E-state index contributed by atoms with van der Waals surface area (Å²) < 4.78 is 21.9. The number of fused-ring (bicyclic) bond motifs is 3. The zero-order valence-corrected chi connectivity index (χ0v) is 18.1. The highest BCUT2D eigenvalue weighted by Gasteiger charge is 2.30. The molecule has 31 heavy (non-hydrogen) atoms. The van der Waals surface area contributed by atoms with Gasteiger partial charge in [-0.2, -0.15) is 0 Å². The number of likely N-dealkylation sites (tertiary alicyclic amines) is 1. The van der Waals surface area contributed by atoms with Gasteiger partial charge >= 0.3 is 0 Å². The lowest BCUT2D eigenvalue weighted by Gasteiger charge is -2.22. The molecule has 1 amide bonds. The van der Waals surface area contributed by atoms with Crippen LogP contribution in [-0.4, -0.2) is 58.1 Å². The van der Waals surface area contributed by atoms with Crippen molar-refractivity contribution in [2.24, 2.45) is 0 Å². The first-order valence-corrected chi connectivity index (χ1v) is 10.1. The Morgan fingerprint density at radius 3 is 1.97 bits per heavy atom. The van der Waals surface area contributed by atoms with Crippen LogP contribution in [0.5, 0.6) is 23.0 Å². The molecule has 1 heterocycles. The van der Waals surface area contributed by atoms with Crippen LogP contribution < -0.4 is 18.9 Å². The average Bonchev–Trinajstić information content (AvgIpc) is 3.30. The molecule has 3 aromatic carbocycles. The van der Waals surface area contributed by atoms with Gasteiger partial charge in [0.1, 0.15) is 6.29 Å². The van der Waals surface area contributed by atoms with E-state index in [2.05, 4.69) is 0 Å². The molecule has 0 bridgehead atoms. The van der Waals surface area contributed by atoms with Gasteiger partial charge in [0.15, 0.2) is 23.0 Å². The molecule has 3 aromatic rings. The van der Waals surface area contributed by atoms with Gasteiger partial charge in [0.05, 0.1) is 34.5 Å². The molecule has 7 nitrogen and oxygen atoms in total. The summed E-state index contributed by atoms with van der Waals surface area (Å²) in [5.41, 5.74) is 0.504. The van der Waals surface area contributed by atoms with Gasteiger partial charge in [-0.3, -0.25) is 4.79 Å². The lowest BCUT2D eigenvalue weighted by atomic mass is 9.95. The highest BCUT2D eigenvalue weighted by molar-refractivity contribution is 6.18. The van der Waals surface area contributed by atoms with Crippen molar-refractivity contribution in [3.63, 3.8) is 0 Å². The Morgan fingerprint density at radius 2 is 1.39 bits per heavy atom. The first kappa shape index (κ1) is 20.8. The van der Waals surface area contributed by atoms with Crippen molar-refractivity contribution in [3.8, 4) is 23.0 Å². The van der Waals surface area contributed by atoms with Crippen LogP contribution in [0.4, 0.5) is 0 Å². The molecule has 1 saturated heterocycles. The van der Waals surface area contributed by atoms with Crippen LogP contribution in [0.3, 0.4) is 0 Å². The van der Waals surface area contributed by atoms with E-state index in [4.69, 9.17) is 18.9 Å². The summed E-state index contributed by atoms with van der Waals surface area (Å²) in [5.74, 6) is 2.06. The molecule has 1 aliphatic heterocycles. The maximum Gasteiger partial charge on any atom is 0.255 e. The topological polar surface area (TPSA) is 74.3 Å². The minimum absolute atomic E-state index is 0.177. The summed E-state index contributed by atoms with van der Waals surface area (Å²) in [4.78, 5) is 26.7. The van der Waals surface area contributed by atoms with Gasteiger partial charge in [-0.25, -0.2) is 0 Å². The predicted octanol–water partition coefficient (Wildman–Crippen LogP) is 3.83. The number of ether oxygens (including phenoxy) is 4. The van der Waals surface area contributed by atoms with Crippen molar-refractivity contribution in [1.29, 1.82) is 0 Å². The fourth-order valence-electron chi connectivity index (χ4n) is 4.32. The van der Waals surface area contributed by atoms with Crippen molar-refractivity contribution < 1.29 is 28.5 Å². The summed E-state index contributed by atoms with van der Waals surface area (Å²) in [7, 11) is 6.29. The van der Waals surface area contributed by atoms with E-state index in [0.717, 1.165) is 34.3 Å². The second-order valence-corrected chi connectivity index (χ2v) is 7.45. The van der Waals surface area contributed by atoms with Gasteiger partial charge in [0.25, 0.3) is 5.91 Å². The molecule has 0 N–H and O–H groups in total. The number of hydrogen-bond acceptors (Lipinski definition) is 6. The molecule has 1 fully saturated rings. The Hall–Kier alpha value is -3.48. The van der Waals surface area contributed by atoms with E-state index in [1.165, 1.54) is 0 Å². The van der Waals surface area contributed by atoms with E-state index < -0.39 is 6.04 Å². The van der Waals surface area contributed by atoms with Gasteiger partial charge in [0.2, 0.25) is 0 Å². The third-order valence-corrected chi connectivity index (χ3v) is 5.91. The number of hydrogen-bond donors (Lipinski definition) is 0. The molecule has 0 radical (unpaired) electrons. The first-order valence-electron chi connectivity index (χ1n) is 10.1. The molecule has 1 atom stereocenters. The Kier molecular flexibility index (Phi) is 5.59. The molecule has 7 heteroatoms. The maximum absolute atomic E-state index is 13.5. The zero-order valence-electron chi connectivity index (χ0n) is 18.1. The van der Waals surface area contributed by atoms with Crippen LogP contribution in [0.1, 0.15) is 23.2 Å². The van der Waals surface area contributed by atoms with Crippen molar-refractivity contribution in [1.82, 2.24) is 4.90 Å². The van der Waals surface area contributed by atoms with Crippen molar-refractivity contribution in [2.75, 3.05) is 35.0 Å². The third kappa shape index (κ3) is 3.40. The smallest absolute Gasteiger partial charge is 0.255 e. The number of aldehydes is 1. The summed E-state index contributed by atoms with van der Waals surface area (Å²) in [6.07, 6.45) is 2.34. The van der Waals surface area contributed by atoms with Crippen LogP contribution >= 0.6 is 0 Å². The van der Waals surface area contributed by atoms with Crippen LogP contribution in [0.2, 0.25) is 0 Å². The number of carbonyl (C=O) groups is 2. The molecule has 4 rings (SSSR count). The van der Waals surface area contributed by atoms with Gasteiger partial charge in [-0.05, 0) is 64.7 Å². The van der Waals surface area contributed by atoms with Gasteiger partial charge in [-0.1, -0.05) is 0 Å². The number of amides is 1. The summed E-state index contributed by atoms with van der Waals surface area (Å²) in [6.45, 7) is 0.557. The van der Waals surface area contributed by atoms with E-state index in [1.807, 2.05) is 30.3 Å². The number of nitrogens with zero attached hydrogens (tertiary/aromatic N) is 1. The molecular formula is C24H25NO6. The first-order chi connectivity index (χ1) is 15.1. The molecule has 0 aromatic heterocycles.